The fourth-order valence-corrected chi connectivity index (χ4v) is 2.79. The Bertz CT molecular complexity index is 948. The molecule has 0 N–H and O–H groups in total. The summed E-state index contributed by atoms with van der Waals surface area (Å²) in [5, 5.41) is 20.3. The van der Waals surface area contributed by atoms with Gasteiger partial charge in [-0.1, -0.05) is 6.07 Å². The number of nitriles is 1. The molecule has 1 aromatic carbocycles. The van der Waals surface area contributed by atoms with Gasteiger partial charge < -0.3 is 14.1 Å². The van der Waals surface area contributed by atoms with Crippen molar-refractivity contribution >= 4 is 17.7 Å². The molecule has 0 bridgehead atoms. The first-order valence-corrected chi connectivity index (χ1v) is 8.33. The lowest BCUT2D eigenvalue weighted by molar-refractivity contribution is -0.384. The predicted octanol–water partition coefficient (Wildman–Crippen LogP) is 2.93. The number of carbonyl (C=O) groups excluding carboxylic acids is 1. The van der Waals surface area contributed by atoms with Crippen molar-refractivity contribution in [2.24, 2.45) is 0 Å². The van der Waals surface area contributed by atoms with Crippen molar-refractivity contribution in [3.63, 3.8) is 0 Å². The second kappa shape index (κ2) is 7.85. The molecule has 8 nitrogen and oxygen atoms in total. The standard InChI is InChI=1S/C19H17N3O5/c1-13-2-3-15(22(24)25)11-17(13)18-5-4-16(27-18)10-14(12-20)19(23)21-6-8-26-9-7-21/h2-5,10-11H,6-9H2,1H3/b14-10-. The molecule has 0 saturated carbocycles. The van der Waals surface area contributed by atoms with Crippen LogP contribution in [0.15, 0.2) is 40.3 Å². The number of rotatable bonds is 4. The molecule has 1 amide bonds. The van der Waals surface area contributed by atoms with Crippen molar-refractivity contribution in [1.29, 1.82) is 5.26 Å². The third kappa shape index (κ3) is 4.04. The third-order valence-corrected chi connectivity index (χ3v) is 4.26. The van der Waals surface area contributed by atoms with Crippen molar-refractivity contribution in [1.82, 2.24) is 4.90 Å². The normalized spacial score (nSPS) is 14.7. The topological polar surface area (TPSA) is 110 Å². The first-order valence-electron chi connectivity index (χ1n) is 8.33. The van der Waals surface area contributed by atoms with Crippen LogP contribution >= 0.6 is 0 Å². The van der Waals surface area contributed by atoms with Crippen LogP contribution in [0.5, 0.6) is 0 Å². The maximum absolute atomic E-state index is 12.4. The Labute approximate surface area is 155 Å². The van der Waals surface area contributed by atoms with Gasteiger partial charge in [0.2, 0.25) is 0 Å². The number of morpholine rings is 1. The number of nitro benzene ring substituents is 1. The van der Waals surface area contributed by atoms with Gasteiger partial charge in [-0.15, -0.1) is 0 Å². The van der Waals surface area contributed by atoms with Crippen molar-refractivity contribution in [3.8, 4) is 17.4 Å². The molecule has 2 aromatic rings. The van der Waals surface area contributed by atoms with Crippen LogP contribution in [0.2, 0.25) is 0 Å². The maximum atomic E-state index is 12.4. The Hall–Kier alpha value is -3.44. The zero-order chi connectivity index (χ0) is 19.4. The van der Waals surface area contributed by atoms with Crippen LogP contribution in [0.4, 0.5) is 5.69 Å². The van der Waals surface area contributed by atoms with Gasteiger partial charge in [0.1, 0.15) is 23.2 Å². The number of aryl methyl sites for hydroxylation is 1. The van der Waals surface area contributed by atoms with Crippen LogP contribution in [0.3, 0.4) is 0 Å². The number of furan rings is 1. The number of carbonyl (C=O) groups is 1. The van der Waals surface area contributed by atoms with E-state index in [0.717, 1.165) is 5.56 Å². The number of nitro groups is 1. The van der Waals surface area contributed by atoms with Gasteiger partial charge in [-0.3, -0.25) is 14.9 Å². The Morgan fingerprint density at radius 2 is 2.04 bits per heavy atom. The molecule has 1 fully saturated rings. The molecule has 1 aliphatic heterocycles. The third-order valence-electron chi connectivity index (χ3n) is 4.26. The Morgan fingerprint density at radius 1 is 1.30 bits per heavy atom. The molecule has 0 radical (unpaired) electrons. The molecule has 0 atom stereocenters. The highest BCUT2D eigenvalue weighted by atomic mass is 16.6. The van der Waals surface area contributed by atoms with E-state index < -0.39 is 4.92 Å². The van der Waals surface area contributed by atoms with Gasteiger partial charge in [0, 0.05) is 36.9 Å². The van der Waals surface area contributed by atoms with Gasteiger partial charge >= 0.3 is 0 Å². The first-order chi connectivity index (χ1) is 13.0. The highest BCUT2D eigenvalue weighted by molar-refractivity contribution is 6.01. The van der Waals surface area contributed by atoms with Crippen LogP contribution < -0.4 is 0 Å². The average Bonchev–Trinajstić information content (AvgIpc) is 3.14. The van der Waals surface area contributed by atoms with Crippen LogP contribution in [-0.2, 0) is 9.53 Å². The number of amides is 1. The van der Waals surface area contributed by atoms with E-state index in [4.69, 9.17) is 9.15 Å². The molecule has 1 saturated heterocycles. The second-order valence-corrected chi connectivity index (χ2v) is 6.03. The molecule has 27 heavy (non-hydrogen) atoms. The van der Waals surface area contributed by atoms with E-state index in [-0.39, 0.29) is 17.2 Å². The van der Waals surface area contributed by atoms with E-state index in [0.29, 0.717) is 43.4 Å². The summed E-state index contributed by atoms with van der Waals surface area (Å²) in [5.74, 6) is 0.387. The van der Waals surface area contributed by atoms with E-state index in [1.165, 1.54) is 18.2 Å². The van der Waals surface area contributed by atoms with E-state index in [1.54, 1.807) is 23.1 Å². The van der Waals surface area contributed by atoms with E-state index in [9.17, 15) is 20.2 Å². The van der Waals surface area contributed by atoms with Gasteiger partial charge in [-0.25, -0.2) is 0 Å². The van der Waals surface area contributed by atoms with Crippen LogP contribution in [0.25, 0.3) is 17.4 Å². The van der Waals surface area contributed by atoms with Gasteiger partial charge in [0.05, 0.1) is 18.1 Å². The molecular formula is C19H17N3O5. The van der Waals surface area contributed by atoms with Crippen LogP contribution in [-0.4, -0.2) is 42.0 Å². The number of hydrogen-bond acceptors (Lipinski definition) is 6. The van der Waals surface area contributed by atoms with Crippen LogP contribution in [0, 0.1) is 28.4 Å². The SMILES string of the molecule is Cc1ccc([N+](=O)[O-])cc1-c1ccc(/C=C(/C#N)C(=O)N2CCOCC2)o1. The Balaban J connectivity index is 1.87. The maximum Gasteiger partial charge on any atom is 0.270 e. The number of benzene rings is 1. The van der Waals surface area contributed by atoms with Crippen molar-refractivity contribution < 1.29 is 18.9 Å². The predicted molar refractivity (Wildman–Crippen MR) is 96.5 cm³/mol. The molecule has 0 spiro atoms. The molecular weight excluding hydrogens is 350 g/mol. The second-order valence-electron chi connectivity index (χ2n) is 6.03. The zero-order valence-corrected chi connectivity index (χ0v) is 14.7. The largest absolute Gasteiger partial charge is 0.457 e. The van der Waals surface area contributed by atoms with Crippen molar-refractivity contribution in [2.45, 2.75) is 6.92 Å². The summed E-state index contributed by atoms with van der Waals surface area (Å²) in [4.78, 5) is 24.5. The smallest absolute Gasteiger partial charge is 0.270 e. The van der Waals surface area contributed by atoms with Crippen LogP contribution in [0.1, 0.15) is 11.3 Å². The summed E-state index contributed by atoms with van der Waals surface area (Å²) in [6.45, 7) is 3.59. The van der Waals surface area contributed by atoms with Crippen molar-refractivity contribution in [2.75, 3.05) is 26.3 Å². The van der Waals surface area contributed by atoms with Gasteiger partial charge in [-0.2, -0.15) is 5.26 Å². The van der Waals surface area contributed by atoms with E-state index >= 15 is 0 Å². The lowest BCUT2D eigenvalue weighted by Gasteiger charge is -2.26. The lowest BCUT2D eigenvalue weighted by Crippen LogP contribution is -2.41. The molecule has 2 heterocycles. The number of ether oxygens (including phenoxy) is 1. The highest BCUT2D eigenvalue weighted by Crippen LogP contribution is 2.29. The summed E-state index contributed by atoms with van der Waals surface area (Å²) in [5.41, 5.74) is 1.33. The van der Waals surface area contributed by atoms with E-state index in [1.807, 2.05) is 13.0 Å². The molecule has 0 aliphatic carbocycles. The molecule has 138 valence electrons. The number of hydrogen-bond donors (Lipinski definition) is 0. The van der Waals surface area contributed by atoms with Crippen molar-refractivity contribution in [3.05, 3.63) is 57.3 Å². The minimum absolute atomic E-state index is 0.0337. The summed E-state index contributed by atoms with van der Waals surface area (Å²) in [6, 6.07) is 9.70. The quantitative estimate of drug-likeness (QED) is 0.356. The molecule has 1 aliphatic rings. The summed E-state index contributed by atoms with van der Waals surface area (Å²) in [7, 11) is 0. The van der Waals surface area contributed by atoms with Gasteiger partial charge in [0.25, 0.3) is 11.6 Å². The molecule has 8 heteroatoms. The fourth-order valence-electron chi connectivity index (χ4n) is 2.79. The monoisotopic (exact) mass is 367 g/mol. The highest BCUT2D eigenvalue weighted by Gasteiger charge is 2.21. The Morgan fingerprint density at radius 3 is 2.70 bits per heavy atom. The minimum atomic E-state index is -0.471. The lowest BCUT2D eigenvalue weighted by atomic mass is 10.1. The van der Waals surface area contributed by atoms with Gasteiger partial charge in [0.15, 0.2) is 0 Å². The summed E-state index contributed by atoms with van der Waals surface area (Å²) in [6.07, 6.45) is 1.38. The molecule has 0 unspecified atom stereocenters. The summed E-state index contributed by atoms with van der Waals surface area (Å²) < 4.78 is 10.9. The van der Waals surface area contributed by atoms with Gasteiger partial charge in [-0.05, 0) is 24.6 Å². The minimum Gasteiger partial charge on any atom is -0.457 e. The molecule has 1 aromatic heterocycles. The number of non-ortho nitro benzene ring substituents is 1. The summed E-state index contributed by atoms with van der Waals surface area (Å²) >= 11 is 0. The molecule has 3 rings (SSSR count). The number of nitrogens with zero attached hydrogens (tertiary/aromatic N) is 3. The average molecular weight is 367 g/mol. The van der Waals surface area contributed by atoms with E-state index in [2.05, 4.69) is 0 Å². The fraction of sp³-hybridized carbons (Fsp3) is 0.263. The zero-order valence-electron chi connectivity index (χ0n) is 14.7. The first kappa shape index (κ1) is 18.4. The Kier molecular flexibility index (Phi) is 5.33.